The molecule has 0 fully saturated rings. The topological polar surface area (TPSA) is 42.4 Å². The van der Waals surface area contributed by atoms with Crippen LogP contribution in [0, 0.1) is 0 Å². The van der Waals surface area contributed by atoms with E-state index >= 15 is 0 Å². The molecule has 1 N–H and O–H groups in total. The Morgan fingerprint density at radius 3 is 2.16 bits per heavy atom. The lowest BCUT2D eigenvalue weighted by Crippen LogP contribution is -2.20. The molecule has 0 amide bonds. The summed E-state index contributed by atoms with van der Waals surface area (Å²) in [5.41, 5.74) is -2.39. The van der Waals surface area contributed by atoms with E-state index in [-0.39, 0.29) is 17.1 Å². The third-order valence-electron chi connectivity index (χ3n) is 2.00. The number of aromatic nitrogens is 1. The van der Waals surface area contributed by atoms with Gasteiger partial charge in [0.05, 0.1) is 17.9 Å². The summed E-state index contributed by atoms with van der Waals surface area (Å²) in [5, 5.41) is 8.63. The van der Waals surface area contributed by atoms with Crippen molar-refractivity contribution in [1.82, 2.24) is 4.98 Å². The number of aliphatic hydroxyl groups excluding tert-OH is 1. The van der Waals surface area contributed by atoms with Gasteiger partial charge in [0.25, 0.3) is 0 Å². The van der Waals surface area contributed by atoms with Crippen LogP contribution in [-0.2, 0) is 18.1 Å². The molecule has 3 nitrogen and oxygen atoms in total. The van der Waals surface area contributed by atoms with Crippen LogP contribution < -0.4 is 4.74 Å². The Hall–Kier alpha value is -1.03. The predicted octanol–water partition coefficient (Wildman–Crippen LogP) is 3.39. The summed E-state index contributed by atoms with van der Waals surface area (Å²) in [4.78, 5) is 3.27. The van der Waals surface area contributed by atoms with E-state index in [9.17, 15) is 26.3 Å². The van der Waals surface area contributed by atoms with Gasteiger partial charge >= 0.3 is 12.5 Å². The van der Waals surface area contributed by atoms with Crippen molar-refractivity contribution >= 4 is 15.9 Å². The predicted molar refractivity (Wildman–Crippen MR) is 54.5 cm³/mol. The van der Waals surface area contributed by atoms with Crippen LogP contribution in [0.5, 0.6) is 5.88 Å². The Bertz CT molecular complexity index is 459. The number of hydrogen-bond donors (Lipinski definition) is 1. The third-order valence-corrected chi connectivity index (χ3v) is 2.53. The lowest BCUT2D eigenvalue weighted by molar-refractivity contribution is -0.276. The molecule has 19 heavy (non-hydrogen) atoms. The van der Waals surface area contributed by atoms with Gasteiger partial charge in [-0.15, -0.1) is 13.2 Å². The van der Waals surface area contributed by atoms with Crippen LogP contribution in [0.1, 0.15) is 16.8 Å². The molecular weight excluding hydrogens is 348 g/mol. The zero-order valence-electron chi connectivity index (χ0n) is 8.94. The summed E-state index contributed by atoms with van der Waals surface area (Å²) in [6, 6.07) is 0.102. The molecule has 0 atom stereocenters. The van der Waals surface area contributed by atoms with Crippen molar-refractivity contribution in [3.8, 4) is 5.88 Å². The normalized spacial score (nSPS) is 12.6. The number of halogens is 7. The zero-order valence-corrected chi connectivity index (χ0v) is 10.5. The molecule has 10 heteroatoms. The van der Waals surface area contributed by atoms with Crippen molar-refractivity contribution in [2.24, 2.45) is 0 Å². The monoisotopic (exact) mass is 353 g/mol. The van der Waals surface area contributed by atoms with E-state index in [1.54, 1.807) is 0 Å². The molecule has 1 aromatic heterocycles. The van der Waals surface area contributed by atoms with Gasteiger partial charge in [-0.25, -0.2) is 4.98 Å². The van der Waals surface area contributed by atoms with Gasteiger partial charge in [-0.2, -0.15) is 13.2 Å². The van der Waals surface area contributed by atoms with Crippen LogP contribution in [-0.4, -0.2) is 16.5 Å². The Labute approximate surface area is 111 Å². The Balaban J connectivity index is 3.39. The highest BCUT2D eigenvalue weighted by molar-refractivity contribution is 9.08. The van der Waals surface area contributed by atoms with E-state index in [4.69, 9.17) is 5.11 Å². The highest BCUT2D eigenvalue weighted by Gasteiger charge is 2.38. The standard InChI is InChI=1S/C9H6BrF6NO2/c10-2-6-4(3-18)5(8(11,12)13)1-7(17-6)19-9(14,15)16/h1,18H,2-3H2. The fourth-order valence-electron chi connectivity index (χ4n) is 1.31. The summed E-state index contributed by atoms with van der Waals surface area (Å²) >= 11 is 2.79. The molecule has 1 heterocycles. The van der Waals surface area contributed by atoms with Crippen molar-refractivity contribution in [2.45, 2.75) is 24.5 Å². The van der Waals surface area contributed by atoms with Crippen molar-refractivity contribution in [2.75, 3.05) is 0 Å². The average molecular weight is 354 g/mol. The molecule has 108 valence electrons. The van der Waals surface area contributed by atoms with Crippen LogP contribution >= 0.6 is 15.9 Å². The molecule has 1 aromatic rings. The lowest BCUT2D eigenvalue weighted by Gasteiger charge is -2.16. The van der Waals surface area contributed by atoms with E-state index in [0.29, 0.717) is 0 Å². The highest BCUT2D eigenvalue weighted by Crippen LogP contribution is 2.36. The molecule has 0 aliphatic heterocycles. The molecule has 1 rings (SSSR count). The number of aliphatic hydroxyl groups is 1. The van der Waals surface area contributed by atoms with Crippen molar-refractivity contribution < 1.29 is 36.2 Å². The maximum Gasteiger partial charge on any atom is 0.574 e. The van der Waals surface area contributed by atoms with Crippen LogP contribution in [0.2, 0.25) is 0 Å². The SMILES string of the molecule is OCc1c(C(F)(F)F)cc(OC(F)(F)F)nc1CBr. The Morgan fingerprint density at radius 1 is 1.21 bits per heavy atom. The minimum atomic E-state index is -5.15. The first-order valence-corrected chi connectivity index (χ1v) is 5.73. The smallest absolute Gasteiger partial charge is 0.392 e. The average Bonchev–Trinajstić information content (AvgIpc) is 2.24. The maximum atomic E-state index is 12.7. The van der Waals surface area contributed by atoms with Crippen molar-refractivity contribution in [1.29, 1.82) is 0 Å². The number of rotatable bonds is 3. The van der Waals surface area contributed by atoms with Gasteiger partial charge in [0.2, 0.25) is 5.88 Å². The Morgan fingerprint density at radius 2 is 1.79 bits per heavy atom. The van der Waals surface area contributed by atoms with E-state index in [0.717, 1.165) is 0 Å². The summed E-state index contributed by atoms with van der Waals surface area (Å²) in [6.07, 6.45) is -10.1. The van der Waals surface area contributed by atoms with Crippen LogP contribution in [0.3, 0.4) is 0 Å². The molecule has 0 radical (unpaired) electrons. The molecule has 0 spiro atoms. The summed E-state index contributed by atoms with van der Waals surface area (Å²) in [7, 11) is 0. The summed E-state index contributed by atoms with van der Waals surface area (Å²) in [6.45, 7) is -1.00. The fraction of sp³-hybridized carbons (Fsp3) is 0.444. The number of pyridine rings is 1. The van der Waals surface area contributed by atoms with Crippen LogP contribution in [0.15, 0.2) is 6.07 Å². The second-order valence-corrected chi connectivity index (χ2v) is 3.83. The lowest BCUT2D eigenvalue weighted by atomic mass is 10.1. The highest BCUT2D eigenvalue weighted by atomic mass is 79.9. The first kappa shape index (κ1) is 16.0. The van der Waals surface area contributed by atoms with Gasteiger partial charge in [-0.1, -0.05) is 15.9 Å². The molecule has 0 aliphatic rings. The fourth-order valence-corrected chi connectivity index (χ4v) is 1.77. The summed E-state index contributed by atoms with van der Waals surface area (Å²) in [5.74, 6) is -1.23. The van der Waals surface area contributed by atoms with Gasteiger partial charge in [0.15, 0.2) is 0 Å². The van der Waals surface area contributed by atoms with E-state index in [1.165, 1.54) is 0 Å². The molecule has 0 bridgehead atoms. The van der Waals surface area contributed by atoms with E-state index in [2.05, 4.69) is 25.7 Å². The van der Waals surface area contributed by atoms with Crippen LogP contribution in [0.4, 0.5) is 26.3 Å². The van der Waals surface area contributed by atoms with Gasteiger partial charge in [0, 0.05) is 17.0 Å². The molecule has 0 unspecified atom stereocenters. The molecular formula is C9H6BrF6NO2. The molecule has 0 saturated carbocycles. The molecule has 0 aliphatic carbocycles. The van der Waals surface area contributed by atoms with Crippen molar-refractivity contribution in [3.63, 3.8) is 0 Å². The largest absolute Gasteiger partial charge is 0.574 e. The summed E-state index contributed by atoms with van der Waals surface area (Å²) < 4.78 is 77.3. The second kappa shape index (κ2) is 5.53. The van der Waals surface area contributed by atoms with Gasteiger partial charge < -0.3 is 9.84 Å². The van der Waals surface area contributed by atoms with Gasteiger partial charge in [-0.3, -0.25) is 0 Å². The maximum absolute atomic E-state index is 12.7. The quantitative estimate of drug-likeness (QED) is 0.669. The van der Waals surface area contributed by atoms with Gasteiger partial charge in [-0.05, 0) is 0 Å². The first-order chi connectivity index (χ1) is 8.58. The number of alkyl halides is 7. The second-order valence-electron chi connectivity index (χ2n) is 3.27. The van der Waals surface area contributed by atoms with Gasteiger partial charge in [0.1, 0.15) is 0 Å². The number of hydrogen-bond acceptors (Lipinski definition) is 3. The minimum Gasteiger partial charge on any atom is -0.392 e. The van der Waals surface area contributed by atoms with E-state index in [1.807, 2.05) is 0 Å². The third kappa shape index (κ3) is 4.23. The number of ether oxygens (including phenoxy) is 1. The molecule has 0 saturated heterocycles. The minimum absolute atomic E-state index is 0.102. The number of nitrogens with zero attached hydrogens (tertiary/aromatic N) is 1. The van der Waals surface area contributed by atoms with Crippen LogP contribution in [0.25, 0.3) is 0 Å². The zero-order chi connectivity index (χ0) is 14.8. The first-order valence-electron chi connectivity index (χ1n) is 4.61. The Kier molecular flexibility index (Phi) is 4.67. The van der Waals surface area contributed by atoms with E-state index < -0.39 is 36.2 Å². The van der Waals surface area contributed by atoms with Crippen molar-refractivity contribution in [3.05, 3.63) is 22.9 Å². The molecule has 0 aromatic carbocycles.